The van der Waals surface area contributed by atoms with Crippen LogP contribution < -0.4 is 40.9 Å². The molecule has 0 unspecified atom stereocenters. The van der Waals surface area contributed by atoms with E-state index in [0.29, 0.717) is 0 Å². The molecule has 0 aliphatic rings. The average molecular weight is 1070 g/mol. The molecule has 4 aromatic carbocycles. The number of carbonyl (C=O) groups excluding carboxylic acids is 8. The van der Waals surface area contributed by atoms with Crippen molar-refractivity contribution in [1.29, 1.82) is 0 Å². The SMILES string of the molecule is O=C([O-])c1cccc(S(=O)(=O)O)c1C(=O)[O-].O=C([O-])c1cccc(S(=O)(=O)O)c1C(=O)[O-].O=C([O-])c1cccc(S(=O)(=O)O)c1C(=O)[O-].O=C([O-])c1cccc(S(=O)(=O)O)c1C(=O)[O-].[Ti+4].[Ti+4]. The van der Waals surface area contributed by atoms with Gasteiger partial charge < -0.3 is 79.2 Å². The van der Waals surface area contributed by atoms with Gasteiger partial charge in [0.1, 0.15) is 19.6 Å². The second-order valence-electron chi connectivity index (χ2n) is 10.9. The summed E-state index contributed by atoms with van der Waals surface area (Å²) in [5.74, 6) is -15.7. The number of rotatable bonds is 12. The van der Waals surface area contributed by atoms with Gasteiger partial charge in [-0.3, -0.25) is 18.2 Å². The fourth-order valence-electron chi connectivity index (χ4n) is 4.51. The normalized spacial score (nSPS) is 10.7. The van der Waals surface area contributed by atoms with Gasteiger partial charge in [-0.05, 0) is 24.3 Å². The Labute approximate surface area is 397 Å². The molecule has 0 amide bonds. The zero-order chi connectivity index (χ0) is 50.0. The Morgan fingerprint density at radius 2 is 0.424 bits per heavy atom. The maximum atomic E-state index is 10.8. The summed E-state index contributed by atoms with van der Waals surface area (Å²) in [6.45, 7) is 0. The number of hydrogen-bond donors (Lipinski definition) is 4. The van der Waals surface area contributed by atoms with Crippen molar-refractivity contribution in [1.82, 2.24) is 0 Å². The second kappa shape index (κ2) is 24.3. The van der Waals surface area contributed by atoms with Crippen molar-refractivity contribution >= 4 is 88.2 Å². The van der Waals surface area contributed by atoms with E-state index in [4.69, 9.17) is 18.2 Å². The molecule has 0 radical (unpaired) electrons. The minimum atomic E-state index is -4.85. The van der Waals surface area contributed by atoms with Crippen LogP contribution in [0.4, 0.5) is 0 Å². The maximum absolute atomic E-state index is 10.8. The molecule has 34 heteroatoms. The van der Waals surface area contributed by atoms with E-state index in [2.05, 4.69) is 0 Å². The first-order valence-corrected chi connectivity index (χ1v) is 20.9. The molecule has 0 aromatic heterocycles. The van der Waals surface area contributed by atoms with Crippen molar-refractivity contribution in [2.45, 2.75) is 19.6 Å². The van der Waals surface area contributed by atoms with Gasteiger partial charge in [-0.15, -0.1) is 0 Å². The van der Waals surface area contributed by atoms with E-state index >= 15 is 0 Å². The van der Waals surface area contributed by atoms with Gasteiger partial charge in [0.15, 0.2) is 0 Å². The van der Waals surface area contributed by atoms with Crippen molar-refractivity contribution in [3.05, 3.63) is 117 Å². The summed E-state index contributed by atoms with van der Waals surface area (Å²) in [6.07, 6.45) is 0. The predicted octanol–water partition coefficient (Wildman–Crippen LogP) is -9.36. The Morgan fingerprint density at radius 1 is 0.288 bits per heavy atom. The third-order valence-electron chi connectivity index (χ3n) is 6.91. The summed E-state index contributed by atoms with van der Waals surface area (Å²) < 4.78 is 121. The van der Waals surface area contributed by atoms with E-state index in [9.17, 15) is 113 Å². The monoisotopic (exact) mass is 1070 g/mol. The first-order chi connectivity index (χ1) is 29.0. The molecule has 66 heavy (non-hydrogen) atoms. The van der Waals surface area contributed by atoms with Crippen molar-refractivity contribution in [2.24, 2.45) is 0 Å². The van der Waals surface area contributed by atoms with Crippen LogP contribution in [0, 0.1) is 0 Å². The zero-order valence-corrected chi connectivity index (χ0v) is 37.5. The van der Waals surface area contributed by atoms with Gasteiger partial charge in [0, 0.05) is 44.5 Å². The van der Waals surface area contributed by atoms with E-state index in [-0.39, 0.29) is 43.4 Å². The van der Waals surface area contributed by atoms with Crippen LogP contribution in [0.1, 0.15) is 82.9 Å². The number of carbonyl (C=O) groups is 8. The van der Waals surface area contributed by atoms with Crippen molar-refractivity contribution < 1.29 is 175 Å². The van der Waals surface area contributed by atoms with Gasteiger partial charge >= 0.3 is 43.4 Å². The molecule has 0 aliphatic carbocycles. The largest absolute Gasteiger partial charge is 4.00 e. The quantitative estimate of drug-likeness (QED) is 0.0756. The van der Waals surface area contributed by atoms with Gasteiger partial charge in [-0.1, -0.05) is 48.5 Å². The van der Waals surface area contributed by atoms with Crippen LogP contribution in [0.25, 0.3) is 0 Å². The van der Waals surface area contributed by atoms with E-state index in [1.165, 1.54) is 0 Å². The van der Waals surface area contributed by atoms with E-state index < -0.39 is 152 Å². The number of carboxylic acid groups (broad SMARTS) is 8. The van der Waals surface area contributed by atoms with Gasteiger partial charge in [0.2, 0.25) is 0 Å². The van der Waals surface area contributed by atoms with E-state index in [1.807, 2.05) is 0 Å². The van der Waals surface area contributed by atoms with Crippen molar-refractivity contribution in [3.63, 3.8) is 0 Å². The fourth-order valence-corrected chi connectivity index (χ4v) is 7.31. The molecule has 344 valence electrons. The first-order valence-electron chi connectivity index (χ1n) is 15.1. The summed E-state index contributed by atoms with van der Waals surface area (Å²) in [5.41, 5.74) is -8.06. The molecule has 0 fully saturated rings. The van der Waals surface area contributed by atoms with Crippen LogP contribution in [-0.2, 0) is 83.9 Å². The standard InChI is InChI=1S/4C8H6O7S.2Ti/c4*9-7(10)4-2-1-3-5(16(13,14)15)6(4)8(11)12;;/h4*1-3H,(H,9,10)(H,11,12)(H,13,14,15);;/q;;;;2*+4/p-8. The molecular formula is C32H16O28S4Ti2. The van der Waals surface area contributed by atoms with Crippen molar-refractivity contribution in [2.75, 3.05) is 0 Å². The minimum absolute atomic E-state index is 0. The summed E-state index contributed by atoms with van der Waals surface area (Å²) in [7, 11) is -19.4. The summed E-state index contributed by atoms with van der Waals surface area (Å²) in [4.78, 5) is 80.4. The third kappa shape index (κ3) is 16.6. The Balaban J connectivity index is 0. The Bertz CT molecular complexity index is 2660. The predicted molar refractivity (Wildman–Crippen MR) is 180 cm³/mol. The number of benzene rings is 4. The number of hydrogen-bond acceptors (Lipinski definition) is 24. The van der Waals surface area contributed by atoms with E-state index in [0.717, 1.165) is 72.8 Å². The van der Waals surface area contributed by atoms with Crippen LogP contribution >= 0.6 is 0 Å². The van der Waals surface area contributed by atoms with Gasteiger partial charge in [-0.2, -0.15) is 33.7 Å². The van der Waals surface area contributed by atoms with Crippen LogP contribution in [0.3, 0.4) is 0 Å². The summed E-state index contributed by atoms with van der Waals surface area (Å²) in [6, 6.07) is 10.1. The molecular weight excluding hydrogens is 1060 g/mol. The summed E-state index contributed by atoms with van der Waals surface area (Å²) in [5, 5.41) is 84.6. The summed E-state index contributed by atoms with van der Waals surface area (Å²) >= 11 is 0. The topological polar surface area (TPSA) is 539 Å². The zero-order valence-electron chi connectivity index (χ0n) is 31.1. The minimum Gasteiger partial charge on any atom is -0.545 e. The molecule has 4 N–H and O–H groups in total. The number of carboxylic acids is 8. The molecule has 0 bridgehead atoms. The smallest absolute Gasteiger partial charge is 0.545 e. The molecule has 0 saturated carbocycles. The molecule has 0 spiro atoms. The van der Waals surface area contributed by atoms with Crippen LogP contribution in [0.2, 0.25) is 0 Å². The van der Waals surface area contributed by atoms with Crippen LogP contribution in [0.5, 0.6) is 0 Å². The Morgan fingerprint density at radius 3 is 0.515 bits per heavy atom. The molecule has 0 heterocycles. The van der Waals surface area contributed by atoms with Crippen LogP contribution in [0.15, 0.2) is 92.4 Å². The fraction of sp³-hybridized carbons (Fsp3) is 0. The second-order valence-corrected chi connectivity index (χ2v) is 16.5. The molecule has 0 aliphatic heterocycles. The molecule has 4 rings (SSSR count). The first kappa shape index (κ1) is 61.8. The molecule has 4 aromatic rings. The third-order valence-corrected chi connectivity index (χ3v) is 10.5. The van der Waals surface area contributed by atoms with Crippen molar-refractivity contribution in [3.8, 4) is 0 Å². The van der Waals surface area contributed by atoms with Crippen LogP contribution in [-0.4, -0.2) is 99.6 Å². The Hall–Kier alpha value is -6.29. The van der Waals surface area contributed by atoms with Gasteiger partial charge in [-0.25, -0.2) is 0 Å². The Kier molecular flexibility index (Phi) is 22.7. The average Bonchev–Trinajstić information content (AvgIpc) is 3.15. The molecule has 28 nitrogen and oxygen atoms in total. The molecule has 0 saturated heterocycles. The van der Waals surface area contributed by atoms with E-state index in [1.54, 1.807) is 0 Å². The van der Waals surface area contributed by atoms with Gasteiger partial charge in [0.25, 0.3) is 40.5 Å². The maximum Gasteiger partial charge on any atom is 4.00 e. The molecule has 0 atom stereocenters. The van der Waals surface area contributed by atoms with Gasteiger partial charge in [0.05, 0.1) is 47.8 Å². The number of aromatic carboxylic acids is 8.